The number of carbonyl (C=O) groups is 1. The molecule has 31 heavy (non-hydrogen) atoms. The van der Waals surface area contributed by atoms with Crippen LogP contribution in [0, 0.1) is 0 Å². The predicted molar refractivity (Wildman–Crippen MR) is 123 cm³/mol. The lowest BCUT2D eigenvalue weighted by Gasteiger charge is -2.20. The second-order valence-corrected chi connectivity index (χ2v) is 9.84. The number of para-hydroxylation sites is 1. The molecule has 0 atom stereocenters. The van der Waals surface area contributed by atoms with Crippen molar-refractivity contribution in [3.8, 4) is 0 Å². The van der Waals surface area contributed by atoms with E-state index in [1.54, 1.807) is 0 Å². The number of amides is 2. The summed E-state index contributed by atoms with van der Waals surface area (Å²) in [6, 6.07) is 4.96. The van der Waals surface area contributed by atoms with E-state index in [2.05, 4.69) is 20.6 Å². The molecule has 1 aromatic heterocycles. The van der Waals surface area contributed by atoms with Crippen molar-refractivity contribution >= 4 is 27.7 Å². The van der Waals surface area contributed by atoms with Gasteiger partial charge in [-0.15, -0.1) is 0 Å². The summed E-state index contributed by atoms with van der Waals surface area (Å²) in [6.45, 7) is 9.47. The van der Waals surface area contributed by atoms with E-state index in [1.807, 2.05) is 69.6 Å². The van der Waals surface area contributed by atoms with Gasteiger partial charge in [-0.2, -0.15) is 0 Å². The molecular weight excluding hydrogens is 416 g/mol. The molecule has 9 nitrogen and oxygen atoms in total. The molecule has 0 bridgehead atoms. The highest BCUT2D eigenvalue weighted by molar-refractivity contribution is 7.90. The number of hydrogen-bond donors (Lipinski definition) is 3. The molecule has 0 saturated heterocycles. The van der Waals surface area contributed by atoms with E-state index in [0.717, 1.165) is 17.7 Å². The van der Waals surface area contributed by atoms with Crippen molar-refractivity contribution in [1.82, 2.24) is 19.6 Å². The number of nitrogens with one attached hydrogen (secondary N) is 3. The average molecular weight is 449 g/mol. The minimum absolute atomic E-state index is 0.159. The van der Waals surface area contributed by atoms with Crippen LogP contribution in [-0.2, 0) is 10.0 Å². The van der Waals surface area contributed by atoms with Crippen molar-refractivity contribution in [2.45, 2.75) is 44.4 Å². The van der Waals surface area contributed by atoms with Crippen molar-refractivity contribution < 1.29 is 13.2 Å². The van der Waals surface area contributed by atoms with Gasteiger partial charge in [0.05, 0.1) is 12.4 Å². The highest BCUT2D eigenvalue weighted by atomic mass is 32.2. The van der Waals surface area contributed by atoms with Crippen LogP contribution in [0.1, 0.15) is 50.7 Å². The monoisotopic (exact) mass is 448 g/mol. The Labute approximate surface area is 184 Å². The second kappa shape index (κ2) is 10.5. The van der Waals surface area contributed by atoms with E-state index >= 15 is 0 Å². The number of hydrogen-bond acceptors (Lipinski definition) is 7. The third-order valence-corrected chi connectivity index (χ3v) is 5.90. The molecule has 0 aliphatic heterocycles. The van der Waals surface area contributed by atoms with E-state index in [9.17, 15) is 13.2 Å². The lowest BCUT2D eigenvalue weighted by Crippen LogP contribution is -2.35. The normalized spacial score (nSPS) is 11.8. The van der Waals surface area contributed by atoms with Gasteiger partial charge in [0.1, 0.15) is 4.90 Å². The fourth-order valence-electron chi connectivity index (χ4n) is 2.95. The molecule has 3 N–H and O–H groups in total. The standard InChI is InChI=1S/C21H32N6O3S/c1-14(2)17-8-7-9-18(15(3)4)19(17)25-21(28)26-31(29,30)16-12-23-20(24-13-16)22-10-11-27(5)6/h7-9,12-15H,10-11H2,1-6H3,(H,22,23,24)(H2,25,26,28). The summed E-state index contributed by atoms with van der Waals surface area (Å²) in [4.78, 5) is 22.4. The summed E-state index contributed by atoms with van der Waals surface area (Å²) in [7, 11) is -0.233. The Bertz CT molecular complexity index is 962. The van der Waals surface area contributed by atoms with E-state index in [0.29, 0.717) is 18.2 Å². The van der Waals surface area contributed by atoms with Crippen LogP contribution in [-0.4, -0.2) is 56.5 Å². The summed E-state index contributed by atoms with van der Waals surface area (Å²) < 4.78 is 27.3. The Balaban J connectivity index is 2.13. The van der Waals surface area contributed by atoms with Gasteiger partial charge in [0.2, 0.25) is 5.95 Å². The third kappa shape index (κ3) is 6.90. The third-order valence-electron chi connectivity index (χ3n) is 4.62. The molecule has 0 aliphatic rings. The van der Waals surface area contributed by atoms with Gasteiger partial charge in [-0.05, 0) is 37.1 Å². The van der Waals surface area contributed by atoms with Gasteiger partial charge in [0.25, 0.3) is 10.0 Å². The first-order valence-corrected chi connectivity index (χ1v) is 11.7. The maximum absolute atomic E-state index is 12.6. The first-order chi connectivity index (χ1) is 14.5. The maximum Gasteiger partial charge on any atom is 0.333 e. The maximum atomic E-state index is 12.6. The molecule has 2 amide bonds. The quantitative estimate of drug-likeness (QED) is 0.539. The summed E-state index contributed by atoms with van der Waals surface area (Å²) in [5, 5.41) is 5.73. The summed E-state index contributed by atoms with van der Waals surface area (Å²) in [5.41, 5.74) is 2.52. The number of anilines is 2. The first-order valence-electron chi connectivity index (χ1n) is 10.2. The molecule has 0 spiro atoms. The number of sulfonamides is 1. The van der Waals surface area contributed by atoms with Gasteiger partial charge in [0, 0.05) is 18.8 Å². The fraction of sp³-hybridized carbons (Fsp3) is 0.476. The summed E-state index contributed by atoms with van der Waals surface area (Å²) in [6.07, 6.45) is 2.34. The molecule has 0 aliphatic carbocycles. The zero-order valence-electron chi connectivity index (χ0n) is 18.9. The molecule has 0 fully saturated rings. The van der Waals surface area contributed by atoms with Crippen molar-refractivity contribution in [3.63, 3.8) is 0 Å². The van der Waals surface area contributed by atoms with Crippen LogP contribution in [0.15, 0.2) is 35.5 Å². The Kier molecular flexibility index (Phi) is 8.35. The molecule has 0 radical (unpaired) electrons. The molecule has 2 aromatic rings. The molecular formula is C21H32N6O3S. The molecule has 0 unspecified atom stereocenters. The van der Waals surface area contributed by atoms with E-state index in [-0.39, 0.29) is 16.7 Å². The molecule has 0 saturated carbocycles. The van der Waals surface area contributed by atoms with Gasteiger partial charge in [-0.1, -0.05) is 45.9 Å². The van der Waals surface area contributed by atoms with E-state index < -0.39 is 16.1 Å². The van der Waals surface area contributed by atoms with Gasteiger partial charge >= 0.3 is 6.03 Å². The Hall–Kier alpha value is -2.72. The Morgan fingerprint density at radius 3 is 2.06 bits per heavy atom. The molecule has 1 aromatic carbocycles. The lowest BCUT2D eigenvalue weighted by molar-refractivity contribution is 0.256. The van der Waals surface area contributed by atoms with Crippen LogP contribution in [0.2, 0.25) is 0 Å². The second-order valence-electron chi connectivity index (χ2n) is 8.15. The van der Waals surface area contributed by atoms with Crippen LogP contribution in [0.25, 0.3) is 0 Å². The minimum atomic E-state index is -4.12. The molecule has 10 heteroatoms. The predicted octanol–water partition coefficient (Wildman–Crippen LogP) is 3.21. The van der Waals surface area contributed by atoms with Crippen LogP contribution in [0.3, 0.4) is 0 Å². The summed E-state index contributed by atoms with van der Waals surface area (Å²) in [5.74, 6) is 0.635. The number of rotatable bonds is 9. The number of likely N-dealkylation sites (N-methyl/N-ethyl adjacent to an activating group) is 1. The van der Waals surface area contributed by atoms with Gasteiger partial charge in [0.15, 0.2) is 0 Å². The average Bonchev–Trinajstić information content (AvgIpc) is 2.67. The zero-order valence-corrected chi connectivity index (χ0v) is 19.7. The minimum Gasteiger partial charge on any atom is -0.353 e. The number of benzene rings is 1. The summed E-state index contributed by atoms with van der Waals surface area (Å²) >= 11 is 0. The van der Waals surface area contributed by atoms with Crippen molar-refractivity contribution in [1.29, 1.82) is 0 Å². The van der Waals surface area contributed by atoms with Crippen LogP contribution in [0.5, 0.6) is 0 Å². The number of nitrogens with zero attached hydrogens (tertiary/aromatic N) is 3. The fourth-order valence-corrected chi connectivity index (χ4v) is 3.75. The number of aromatic nitrogens is 2. The zero-order chi connectivity index (χ0) is 23.2. The van der Waals surface area contributed by atoms with Crippen molar-refractivity contribution in [2.24, 2.45) is 0 Å². The topological polar surface area (TPSA) is 116 Å². The molecule has 1 heterocycles. The number of urea groups is 1. The van der Waals surface area contributed by atoms with Crippen LogP contribution < -0.4 is 15.4 Å². The largest absolute Gasteiger partial charge is 0.353 e. The highest BCUT2D eigenvalue weighted by Crippen LogP contribution is 2.32. The smallest absolute Gasteiger partial charge is 0.333 e. The van der Waals surface area contributed by atoms with Crippen molar-refractivity contribution in [3.05, 3.63) is 41.7 Å². The Morgan fingerprint density at radius 2 is 1.58 bits per heavy atom. The Morgan fingerprint density at radius 1 is 1.03 bits per heavy atom. The SMILES string of the molecule is CC(C)c1cccc(C(C)C)c1NC(=O)NS(=O)(=O)c1cnc(NCCN(C)C)nc1. The number of carbonyl (C=O) groups excluding carboxylic acids is 1. The van der Waals surface area contributed by atoms with Gasteiger partial charge < -0.3 is 15.5 Å². The molecule has 170 valence electrons. The van der Waals surface area contributed by atoms with Crippen LogP contribution in [0.4, 0.5) is 16.4 Å². The highest BCUT2D eigenvalue weighted by Gasteiger charge is 2.21. The first kappa shape index (κ1) is 24.5. The van der Waals surface area contributed by atoms with E-state index in [4.69, 9.17) is 0 Å². The molecule has 2 rings (SSSR count). The van der Waals surface area contributed by atoms with Gasteiger partial charge in [-0.25, -0.2) is 27.9 Å². The van der Waals surface area contributed by atoms with Crippen LogP contribution >= 0.6 is 0 Å². The lowest BCUT2D eigenvalue weighted by atomic mass is 9.93. The van der Waals surface area contributed by atoms with Crippen molar-refractivity contribution in [2.75, 3.05) is 37.8 Å². The van der Waals surface area contributed by atoms with E-state index in [1.165, 1.54) is 12.4 Å². The van der Waals surface area contributed by atoms with Gasteiger partial charge in [-0.3, -0.25) is 0 Å².